The lowest BCUT2D eigenvalue weighted by atomic mass is 9.88. The Labute approximate surface area is 258 Å². The Balaban J connectivity index is 1.93. The van der Waals surface area contributed by atoms with E-state index in [9.17, 15) is 18.0 Å². The van der Waals surface area contributed by atoms with Gasteiger partial charge in [-0.15, -0.1) is 0 Å². The molecule has 0 aliphatic carbocycles. The van der Waals surface area contributed by atoms with Crippen molar-refractivity contribution in [3.8, 4) is 0 Å². The number of hydrogen-bond acceptors (Lipinski definition) is 4. The summed E-state index contributed by atoms with van der Waals surface area (Å²) in [4.78, 5) is 26.1. The Morgan fingerprint density at radius 2 is 1.59 bits per heavy atom. The standard InChI is InChI=1S/C30H30BrCl2N3O4S/c1-18(2)15-26(29(34)37)35-30(38)25-13-14-27(19-5-3-7-22(32)16-19)36(28(25)20-6-4-8-23(33)17-20)41(39,40)24-11-9-21(31)10-12-24/h3-13,16-18,26-28H,14-15H2,1-2H3,(H2,34,37)(H,35,38)/t26-,27-,28-/m0/s1. The van der Waals surface area contributed by atoms with E-state index in [0.717, 1.165) is 4.47 Å². The number of rotatable bonds is 9. The van der Waals surface area contributed by atoms with Crippen molar-refractivity contribution in [2.24, 2.45) is 11.7 Å². The number of nitrogens with two attached hydrogens (primary N) is 1. The molecule has 3 atom stereocenters. The molecule has 7 nitrogen and oxygen atoms in total. The van der Waals surface area contributed by atoms with E-state index in [4.69, 9.17) is 28.9 Å². The van der Waals surface area contributed by atoms with Crippen LogP contribution in [0.25, 0.3) is 0 Å². The maximum Gasteiger partial charge on any atom is 0.249 e. The van der Waals surface area contributed by atoms with Gasteiger partial charge in [0.15, 0.2) is 0 Å². The SMILES string of the molecule is CC(C)C[C@H](NC(=O)C1=CC[C@@H](c2cccc(Cl)c2)N(S(=O)(=O)c2ccc(Br)cc2)[C@H]1c1cccc(Cl)c1)C(N)=O. The first-order valence-corrected chi connectivity index (χ1v) is 16.0. The summed E-state index contributed by atoms with van der Waals surface area (Å²) in [5.74, 6) is -1.17. The Kier molecular flexibility index (Phi) is 9.97. The maximum atomic E-state index is 14.5. The molecular weight excluding hydrogens is 649 g/mol. The zero-order valence-electron chi connectivity index (χ0n) is 22.4. The summed E-state index contributed by atoms with van der Waals surface area (Å²) < 4.78 is 31.0. The average Bonchev–Trinajstić information content (AvgIpc) is 2.91. The second kappa shape index (κ2) is 13.1. The fourth-order valence-corrected chi connectivity index (χ4v) is 7.42. The predicted molar refractivity (Wildman–Crippen MR) is 165 cm³/mol. The van der Waals surface area contributed by atoms with Gasteiger partial charge >= 0.3 is 0 Å². The van der Waals surface area contributed by atoms with Crippen LogP contribution >= 0.6 is 39.1 Å². The molecule has 0 aromatic heterocycles. The van der Waals surface area contributed by atoms with Crippen LogP contribution in [-0.2, 0) is 19.6 Å². The molecule has 1 aliphatic rings. The van der Waals surface area contributed by atoms with Gasteiger partial charge in [0.25, 0.3) is 0 Å². The topological polar surface area (TPSA) is 110 Å². The van der Waals surface area contributed by atoms with Crippen molar-refractivity contribution in [2.75, 3.05) is 0 Å². The van der Waals surface area contributed by atoms with Gasteiger partial charge in [-0.25, -0.2) is 8.42 Å². The van der Waals surface area contributed by atoms with E-state index in [1.165, 1.54) is 16.4 Å². The van der Waals surface area contributed by atoms with Gasteiger partial charge in [0.05, 0.1) is 17.0 Å². The molecule has 0 bridgehead atoms. The van der Waals surface area contributed by atoms with E-state index < -0.39 is 40.0 Å². The molecule has 0 saturated carbocycles. The van der Waals surface area contributed by atoms with E-state index in [1.807, 2.05) is 13.8 Å². The minimum absolute atomic E-state index is 0.0521. The second-order valence-corrected chi connectivity index (χ2v) is 13.9. The fourth-order valence-electron chi connectivity index (χ4n) is 4.98. The third-order valence-corrected chi connectivity index (χ3v) is 9.71. The molecule has 41 heavy (non-hydrogen) atoms. The number of nitrogens with zero attached hydrogens (tertiary/aromatic N) is 1. The van der Waals surface area contributed by atoms with Crippen LogP contribution in [0.5, 0.6) is 0 Å². The number of sulfonamides is 1. The van der Waals surface area contributed by atoms with E-state index in [-0.39, 0.29) is 22.8 Å². The number of halogens is 3. The second-order valence-electron chi connectivity index (χ2n) is 10.3. The monoisotopic (exact) mass is 677 g/mol. The molecule has 3 N–H and O–H groups in total. The molecule has 216 valence electrons. The van der Waals surface area contributed by atoms with Crippen molar-refractivity contribution < 1.29 is 18.0 Å². The van der Waals surface area contributed by atoms with Crippen LogP contribution in [-0.4, -0.2) is 30.6 Å². The van der Waals surface area contributed by atoms with Crippen LogP contribution in [0, 0.1) is 5.92 Å². The first-order chi connectivity index (χ1) is 19.4. The molecule has 4 rings (SSSR count). The average molecular weight is 679 g/mol. The summed E-state index contributed by atoms with van der Waals surface area (Å²) in [5, 5.41) is 3.58. The molecule has 0 spiro atoms. The highest BCUT2D eigenvalue weighted by atomic mass is 79.9. The Morgan fingerprint density at radius 3 is 2.15 bits per heavy atom. The number of carbonyl (C=O) groups excluding carboxylic acids is 2. The molecule has 0 unspecified atom stereocenters. The van der Waals surface area contributed by atoms with Crippen LogP contribution in [0.4, 0.5) is 0 Å². The summed E-state index contributed by atoms with van der Waals surface area (Å²) in [6.07, 6.45) is 2.23. The van der Waals surface area contributed by atoms with Gasteiger partial charge in [0.2, 0.25) is 21.8 Å². The molecule has 3 aromatic rings. The summed E-state index contributed by atoms with van der Waals surface area (Å²) in [6.45, 7) is 3.83. The van der Waals surface area contributed by atoms with Gasteiger partial charge in [-0.2, -0.15) is 4.31 Å². The molecule has 11 heteroatoms. The molecule has 2 amide bonds. The van der Waals surface area contributed by atoms with Crippen LogP contribution in [0.2, 0.25) is 10.0 Å². The number of amides is 2. The minimum Gasteiger partial charge on any atom is -0.368 e. The van der Waals surface area contributed by atoms with Gasteiger partial charge < -0.3 is 11.1 Å². The number of nitrogens with one attached hydrogen (secondary N) is 1. The van der Waals surface area contributed by atoms with Crippen molar-refractivity contribution in [1.29, 1.82) is 0 Å². The molecule has 1 aliphatic heterocycles. The molecular formula is C30H30BrCl2N3O4S. The van der Waals surface area contributed by atoms with Gasteiger partial charge in [-0.05, 0) is 78.4 Å². The maximum absolute atomic E-state index is 14.5. The van der Waals surface area contributed by atoms with Crippen molar-refractivity contribution in [3.63, 3.8) is 0 Å². The third-order valence-electron chi connectivity index (χ3n) is 6.82. The first-order valence-electron chi connectivity index (χ1n) is 13.0. The van der Waals surface area contributed by atoms with Gasteiger partial charge in [0, 0.05) is 20.1 Å². The van der Waals surface area contributed by atoms with Crippen LogP contribution in [0.15, 0.2) is 93.8 Å². The molecule has 0 radical (unpaired) electrons. The first kappa shape index (κ1) is 31.3. The lowest BCUT2D eigenvalue weighted by Gasteiger charge is -2.41. The van der Waals surface area contributed by atoms with Crippen molar-refractivity contribution in [2.45, 2.75) is 49.7 Å². The highest BCUT2D eigenvalue weighted by Gasteiger charge is 2.45. The Bertz CT molecular complexity index is 1580. The van der Waals surface area contributed by atoms with Crippen LogP contribution in [0.1, 0.15) is 49.9 Å². The Morgan fingerprint density at radius 1 is 1.00 bits per heavy atom. The highest BCUT2D eigenvalue weighted by molar-refractivity contribution is 9.10. The van der Waals surface area contributed by atoms with Crippen molar-refractivity contribution >= 4 is 61.0 Å². The van der Waals surface area contributed by atoms with E-state index in [2.05, 4.69) is 21.2 Å². The molecule has 3 aromatic carbocycles. The van der Waals surface area contributed by atoms with E-state index in [1.54, 1.807) is 66.7 Å². The smallest absolute Gasteiger partial charge is 0.249 e. The molecule has 0 fully saturated rings. The van der Waals surface area contributed by atoms with Gasteiger partial charge in [-0.3, -0.25) is 9.59 Å². The van der Waals surface area contributed by atoms with Crippen molar-refractivity contribution in [1.82, 2.24) is 9.62 Å². The summed E-state index contributed by atoms with van der Waals surface area (Å²) >= 11 is 16.1. The largest absolute Gasteiger partial charge is 0.368 e. The van der Waals surface area contributed by atoms with Crippen LogP contribution in [0.3, 0.4) is 0 Å². The summed E-state index contributed by atoms with van der Waals surface area (Å²) in [5.41, 5.74) is 6.93. The van der Waals surface area contributed by atoms with Gasteiger partial charge in [-0.1, -0.05) is 83.3 Å². The summed E-state index contributed by atoms with van der Waals surface area (Å²) in [6, 6.07) is 17.3. The number of benzene rings is 3. The predicted octanol–water partition coefficient (Wildman–Crippen LogP) is 6.58. The number of hydrogen-bond donors (Lipinski definition) is 2. The fraction of sp³-hybridized carbons (Fsp3) is 0.267. The van der Waals surface area contributed by atoms with Crippen LogP contribution < -0.4 is 11.1 Å². The Hall–Kier alpha value is -2.69. The zero-order chi connectivity index (χ0) is 29.9. The lowest BCUT2D eigenvalue weighted by molar-refractivity contribution is -0.126. The molecule has 0 saturated heterocycles. The van der Waals surface area contributed by atoms with Crippen molar-refractivity contribution in [3.05, 3.63) is 110 Å². The number of carbonyl (C=O) groups is 2. The number of primary amides is 1. The quantitative estimate of drug-likeness (QED) is 0.267. The minimum atomic E-state index is -4.22. The highest BCUT2D eigenvalue weighted by Crippen LogP contribution is 2.46. The normalized spacial score (nSPS) is 18.5. The van der Waals surface area contributed by atoms with E-state index >= 15 is 0 Å². The van der Waals surface area contributed by atoms with E-state index in [0.29, 0.717) is 27.6 Å². The van der Waals surface area contributed by atoms with Gasteiger partial charge in [0.1, 0.15) is 6.04 Å². The summed E-state index contributed by atoms with van der Waals surface area (Å²) in [7, 11) is -4.22. The zero-order valence-corrected chi connectivity index (χ0v) is 26.3. The third kappa shape index (κ3) is 7.21. The molecule has 1 heterocycles. The lowest BCUT2D eigenvalue weighted by Crippen LogP contribution is -2.49.